The Kier molecular flexibility index (Phi) is 7.94. The molecule has 1 saturated carbocycles. The quantitative estimate of drug-likeness (QED) is 0.350. The van der Waals surface area contributed by atoms with Crippen molar-refractivity contribution in [1.29, 1.82) is 0 Å². The molecule has 1 saturated heterocycles. The second kappa shape index (κ2) is 11.7. The van der Waals surface area contributed by atoms with Gasteiger partial charge in [0.15, 0.2) is 0 Å². The SMILES string of the molecule is COc1ccc(NC(=O)c2ccc(-c3cccc(NC(N)=O)c3)cc2)cc1C1CCN(C2CCCC2)CC1. The second-order valence-electron chi connectivity index (χ2n) is 10.3. The standard InChI is InChI=1S/C31H36N4O3/c1-38-29-14-13-26(20-28(29)22-15-17-35(18-16-22)27-7-2-3-8-27)33-30(36)23-11-9-21(10-12-23)24-5-4-6-25(19-24)34-31(32)37/h4-6,9-14,19-20,22,27H,2-3,7-8,15-18H2,1H3,(H,33,36)(H3,32,34,37). The molecule has 3 amide bonds. The Labute approximate surface area is 224 Å². The molecule has 38 heavy (non-hydrogen) atoms. The van der Waals surface area contributed by atoms with Crippen LogP contribution in [-0.4, -0.2) is 43.1 Å². The van der Waals surface area contributed by atoms with Crippen LogP contribution in [-0.2, 0) is 0 Å². The Morgan fingerprint density at radius 2 is 1.55 bits per heavy atom. The van der Waals surface area contributed by atoms with Crippen LogP contribution in [0, 0.1) is 0 Å². The van der Waals surface area contributed by atoms with Crippen molar-refractivity contribution in [2.24, 2.45) is 5.73 Å². The lowest BCUT2D eigenvalue weighted by Gasteiger charge is -2.36. The van der Waals surface area contributed by atoms with E-state index < -0.39 is 6.03 Å². The number of nitrogens with zero attached hydrogens (tertiary/aromatic N) is 1. The number of likely N-dealkylation sites (tertiary alicyclic amines) is 1. The number of carbonyl (C=O) groups excluding carboxylic acids is 2. The molecule has 7 heteroatoms. The highest BCUT2D eigenvalue weighted by Crippen LogP contribution is 2.38. The van der Waals surface area contributed by atoms with Gasteiger partial charge in [0.2, 0.25) is 0 Å². The average Bonchev–Trinajstić information content (AvgIpc) is 3.48. The van der Waals surface area contributed by atoms with Crippen molar-refractivity contribution in [3.63, 3.8) is 0 Å². The van der Waals surface area contributed by atoms with E-state index in [0.717, 1.165) is 54.5 Å². The lowest BCUT2D eigenvalue weighted by Crippen LogP contribution is -2.39. The number of piperidine rings is 1. The fourth-order valence-electron chi connectivity index (χ4n) is 5.91. The van der Waals surface area contributed by atoms with Crippen LogP contribution in [0.2, 0.25) is 0 Å². The smallest absolute Gasteiger partial charge is 0.316 e. The van der Waals surface area contributed by atoms with Gasteiger partial charge in [0.25, 0.3) is 5.91 Å². The van der Waals surface area contributed by atoms with Gasteiger partial charge in [0, 0.05) is 23.0 Å². The fraction of sp³-hybridized carbons (Fsp3) is 0.355. The highest BCUT2D eigenvalue weighted by molar-refractivity contribution is 6.04. The van der Waals surface area contributed by atoms with Gasteiger partial charge in [-0.1, -0.05) is 37.1 Å². The molecule has 4 N–H and O–H groups in total. The van der Waals surface area contributed by atoms with Crippen LogP contribution < -0.4 is 21.1 Å². The van der Waals surface area contributed by atoms with Gasteiger partial charge in [-0.15, -0.1) is 0 Å². The lowest BCUT2D eigenvalue weighted by atomic mass is 9.87. The maximum absolute atomic E-state index is 13.1. The first-order chi connectivity index (χ1) is 18.5. The summed E-state index contributed by atoms with van der Waals surface area (Å²) in [6.45, 7) is 2.26. The third-order valence-corrected chi connectivity index (χ3v) is 7.91. The molecule has 0 aromatic heterocycles. The van der Waals surface area contributed by atoms with E-state index in [9.17, 15) is 9.59 Å². The van der Waals surface area contributed by atoms with Crippen molar-refractivity contribution in [2.45, 2.75) is 50.5 Å². The van der Waals surface area contributed by atoms with Crippen LogP contribution in [0.15, 0.2) is 66.7 Å². The molecule has 0 atom stereocenters. The van der Waals surface area contributed by atoms with Gasteiger partial charge in [-0.2, -0.15) is 0 Å². The first kappa shape index (κ1) is 25.8. The Balaban J connectivity index is 1.25. The molecule has 0 spiro atoms. The van der Waals surface area contributed by atoms with Gasteiger partial charge < -0.3 is 26.0 Å². The molecule has 2 fully saturated rings. The number of anilines is 2. The maximum atomic E-state index is 13.1. The van der Waals surface area contributed by atoms with Gasteiger partial charge in [-0.25, -0.2) is 4.79 Å². The van der Waals surface area contributed by atoms with Crippen LogP contribution in [0.3, 0.4) is 0 Å². The van der Waals surface area contributed by atoms with Crippen LogP contribution in [0.5, 0.6) is 5.75 Å². The third kappa shape index (κ3) is 6.00. The molecule has 3 aromatic rings. The second-order valence-corrected chi connectivity index (χ2v) is 10.3. The molecule has 0 unspecified atom stereocenters. The summed E-state index contributed by atoms with van der Waals surface area (Å²) in [5, 5.41) is 5.65. The number of primary amides is 1. The summed E-state index contributed by atoms with van der Waals surface area (Å²) in [7, 11) is 1.71. The summed E-state index contributed by atoms with van der Waals surface area (Å²) in [5.74, 6) is 1.16. The molecule has 0 bridgehead atoms. The average molecular weight is 513 g/mol. The van der Waals surface area contributed by atoms with E-state index in [1.165, 1.54) is 31.2 Å². The predicted molar refractivity (Wildman–Crippen MR) is 152 cm³/mol. The number of nitrogens with two attached hydrogens (primary N) is 1. The summed E-state index contributed by atoms with van der Waals surface area (Å²) in [6, 6.07) is 20.9. The maximum Gasteiger partial charge on any atom is 0.316 e. The Morgan fingerprint density at radius 3 is 2.24 bits per heavy atom. The van der Waals surface area contributed by atoms with Gasteiger partial charge in [-0.3, -0.25) is 4.79 Å². The van der Waals surface area contributed by atoms with Crippen molar-refractivity contribution >= 4 is 23.3 Å². The minimum atomic E-state index is -0.606. The minimum Gasteiger partial charge on any atom is -0.496 e. The van der Waals surface area contributed by atoms with Gasteiger partial charge in [0.1, 0.15) is 5.75 Å². The number of methoxy groups -OCH3 is 1. The molecule has 198 valence electrons. The molecule has 2 aliphatic rings. The molecule has 5 rings (SSSR count). The summed E-state index contributed by atoms with van der Waals surface area (Å²) in [4.78, 5) is 26.9. The van der Waals surface area contributed by atoms with E-state index in [1.807, 2.05) is 54.6 Å². The summed E-state index contributed by atoms with van der Waals surface area (Å²) < 4.78 is 5.70. The largest absolute Gasteiger partial charge is 0.496 e. The highest BCUT2D eigenvalue weighted by atomic mass is 16.5. The normalized spacial score (nSPS) is 16.8. The molecule has 1 aliphatic carbocycles. The molecule has 1 aliphatic heterocycles. The number of benzene rings is 3. The van der Waals surface area contributed by atoms with Crippen LogP contribution in [0.25, 0.3) is 11.1 Å². The van der Waals surface area contributed by atoms with Crippen molar-refractivity contribution in [2.75, 3.05) is 30.8 Å². The molecule has 1 heterocycles. The van der Waals surface area contributed by atoms with E-state index in [4.69, 9.17) is 10.5 Å². The number of rotatable bonds is 7. The van der Waals surface area contributed by atoms with Crippen molar-refractivity contribution in [3.05, 3.63) is 77.9 Å². The third-order valence-electron chi connectivity index (χ3n) is 7.91. The summed E-state index contributed by atoms with van der Waals surface area (Å²) in [6.07, 6.45) is 7.64. The van der Waals surface area contributed by atoms with Gasteiger partial charge in [-0.05, 0) is 104 Å². The number of carbonyl (C=O) groups is 2. The summed E-state index contributed by atoms with van der Waals surface area (Å²) >= 11 is 0. The van der Waals surface area contributed by atoms with Crippen LogP contribution in [0.1, 0.15) is 60.4 Å². The van der Waals surface area contributed by atoms with E-state index in [2.05, 4.69) is 21.6 Å². The van der Waals surface area contributed by atoms with Gasteiger partial charge in [0.05, 0.1) is 7.11 Å². The number of hydrogen-bond acceptors (Lipinski definition) is 4. The topological polar surface area (TPSA) is 96.7 Å². The molecular formula is C31H36N4O3. The van der Waals surface area contributed by atoms with Crippen molar-refractivity contribution in [3.8, 4) is 16.9 Å². The monoisotopic (exact) mass is 512 g/mol. The molecular weight excluding hydrogens is 476 g/mol. The van der Waals surface area contributed by atoms with E-state index in [-0.39, 0.29) is 5.91 Å². The number of hydrogen-bond donors (Lipinski definition) is 3. The van der Waals surface area contributed by atoms with E-state index >= 15 is 0 Å². The van der Waals surface area contributed by atoms with E-state index in [0.29, 0.717) is 17.2 Å². The molecule has 3 aromatic carbocycles. The number of nitrogens with one attached hydrogen (secondary N) is 2. The van der Waals surface area contributed by atoms with Crippen LogP contribution >= 0.6 is 0 Å². The van der Waals surface area contributed by atoms with Gasteiger partial charge >= 0.3 is 6.03 Å². The van der Waals surface area contributed by atoms with Crippen molar-refractivity contribution in [1.82, 2.24) is 4.90 Å². The molecule has 7 nitrogen and oxygen atoms in total. The minimum absolute atomic E-state index is 0.159. The first-order valence-electron chi connectivity index (χ1n) is 13.5. The highest BCUT2D eigenvalue weighted by Gasteiger charge is 2.29. The number of urea groups is 1. The Bertz CT molecular complexity index is 1280. The predicted octanol–water partition coefficient (Wildman–Crippen LogP) is 6.23. The Hall–Kier alpha value is -3.84. The first-order valence-corrected chi connectivity index (χ1v) is 13.5. The van der Waals surface area contributed by atoms with Crippen molar-refractivity contribution < 1.29 is 14.3 Å². The zero-order valence-electron chi connectivity index (χ0n) is 21.9. The zero-order chi connectivity index (χ0) is 26.5. The Morgan fingerprint density at radius 1 is 0.842 bits per heavy atom. The van der Waals surface area contributed by atoms with Crippen LogP contribution in [0.4, 0.5) is 16.2 Å². The lowest BCUT2D eigenvalue weighted by molar-refractivity contribution is 0.102. The number of amides is 3. The zero-order valence-corrected chi connectivity index (χ0v) is 21.9. The van der Waals surface area contributed by atoms with E-state index in [1.54, 1.807) is 13.2 Å². The molecule has 0 radical (unpaired) electrons. The number of ether oxygens (including phenoxy) is 1. The summed E-state index contributed by atoms with van der Waals surface area (Å²) in [5.41, 5.74) is 10.2. The fourth-order valence-corrected chi connectivity index (χ4v) is 5.91.